The van der Waals surface area contributed by atoms with Crippen LogP contribution < -0.4 is 10.5 Å². The van der Waals surface area contributed by atoms with Crippen LogP contribution in [0.1, 0.15) is 36.0 Å². The van der Waals surface area contributed by atoms with Gasteiger partial charge in [0, 0.05) is 55.6 Å². The number of hydrogen-bond donors (Lipinski definition) is 0. The molecule has 0 unspecified atom stereocenters. The Hall–Kier alpha value is -2.79. The van der Waals surface area contributed by atoms with Crippen molar-refractivity contribution < 1.29 is 22.1 Å². The predicted molar refractivity (Wildman–Crippen MR) is 124 cm³/mol. The normalized spacial score (nSPS) is 20.7. The van der Waals surface area contributed by atoms with Crippen molar-refractivity contribution in [2.75, 3.05) is 30.6 Å². The molecule has 182 valence electrons. The van der Waals surface area contributed by atoms with Gasteiger partial charge in [0.1, 0.15) is 23.6 Å². The van der Waals surface area contributed by atoms with Gasteiger partial charge in [-0.1, -0.05) is 18.2 Å². The van der Waals surface area contributed by atoms with E-state index in [4.69, 9.17) is 4.74 Å². The first-order valence-corrected chi connectivity index (χ1v) is 12.2. The summed E-state index contributed by atoms with van der Waals surface area (Å²) < 4.78 is 60.1. The average molecular weight is 495 g/mol. The van der Waals surface area contributed by atoms with E-state index in [1.54, 1.807) is 25.1 Å². The van der Waals surface area contributed by atoms with Crippen molar-refractivity contribution >= 4 is 27.7 Å². The molecule has 0 aliphatic carbocycles. The van der Waals surface area contributed by atoms with E-state index in [9.17, 15) is 22.2 Å². The molecule has 0 radical (unpaired) electrons. The molecule has 1 aromatic carbocycles. The average Bonchev–Trinajstić information content (AvgIpc) is 2.83. The molecule has 1 aliphatic heterocycles. The smallest absolute Gasteiger partial charge is 0.266 e. The Morgan fingerprint density at radius 1 is 1.26 bits per heavy atom. The minimum atomic E-state index is -2.92. The molecule has 1 aliphatic rings. The molecule has 0 spiro atoms. The van der Waals surface area contributed by atoms with Crippen LogP contribution in [0.25, 0.3) is 11.0 Å². The summed E-state index contributed by atoms with van der Waals surface area (Å²) in [5, 5.41) is 0.538. The van der Waals surface area contributed by atoms with Crippen LogP contribution in [0.4, 0.5) is 19.0 Å². The molecule has 1 fully saturated rings. The number of ether oxygens (including phenoxy) is 1. The topological polar surface area (TPSA) is 77.3 Å². The van der Waals surface area contributed by atoms with E-state index >= 15 is 0 Å². The molecule has 3 heterocycles. The standard InChI is InChI=1S/C23H25F3N4O3S/c1-29(12-14-5-4-6-15(18(14)24)19(25)26)20-16-11-17(22(31)30(2)21(16)28-13-27-20)23(33-3)7-9-34(32)10-8-23/h4-6,11,13,19H,7-10,12H2,1-3H3. The highest BCUT2D eigenvalue weighted by molar-refractivity contribution is 7.85. The van der Waals surface area contributed by atoms with Crippen LogP contribution in [0.3, 0.4) is 0 Å². The third kappa shape index (κ3) is 4.22. The van der Waals surface area contributed by atoms with Crippen molar-refractivity contribution in [3.05, 3.63) is 63.5 Å². The summed E-state index contributed by atoms with van der Waals surface area (Å²) in [5.41, 5.74) is -0.930. The van der Waals surface area contributed by atoms with E-state index in [-0.39, 0.29) is 17.7 Å². The minimum absolute atomic E-state index is 0.0227. The SMILES string of the molecule is COC1(c2cc3c(N(C)Cc4cccc(C(F)F)c4F)ncnc3n(C)c2=O)CCS(=O)CC1. The summed E-state index contributed by atoms with van der Waals surface area (Å²) in [7, 11) is 3.84. The highest BCUT2D eigenvalue weighted by Crippen LogP contribution is 2.36. The Morgan fingerprint density at radius 2 is 1.97 bits per heavy atom. The monoisotopic (exact) mass is 494 g/mol. The van der Waals surface area contributed by atoms with Crippen LogP contribution in [0.15, 0.2) is 35.4 Å². The van der Waals surface area contributed by atoms with Crippen molar-refractivity contribution in [3.8, 4) is 0 Å². The Balaban J connectivity index is 1.81. The van der Waals surface area contributed by atoms with Crippen LogP contribution in [-0.2, 0) is 34.7 Å². The molecule has 0 N–H and O–H groups in total. The summed E-state index contributed by atoms with van der Waals surface area (Å²) in [6.07, 6.45) is -0.755. The lowest BCUT2D eigenvalue weighted by Gasteiger charge is -2.35. The van der Waals surface area contributed by atoms with Crippen molar-refractivity contribution in [2.24, 2.45) is 7.05 Å². The second-order valence-corrected chi connectivity index (χ2v) is 10.1. The molecule has 7 nitrogen and oxygen atoms in total. The maximum atomic E-state index is 14.6. The van der Waals surface area contributed by atoms with Gasteiger partial charge >= 0.3 is 0 Å². The number of benzene rings is 1. The summed E-state index contributed by atoms with van der Waals surface area (Å²) in [4.78, 5) is 23.5. The zero-order valence-electron chi connectivity index (χ0n) is 19.1. The van der Waals surface area contributed by atoms with E-state index in [2.05, 4.69) is 9.97 Å². The van der Waals surface area contributed by atoms with Crippen molar-refractivity contribution in [3.63, 3.8) is 0 Å². The van der Waals surface area contributed by atoms with Gasteiger partial charge in [-0.25, -0.2) is 23.1 Å². The van der Waals surface area contributed by atoms with Gasteiger partial charge in [-0.3, -0.25) is 13.6 Å². The number of methoxy groups -OCH3 is 1. The lowest BCUT2D eigenvalue weighted by Crippen LogP contribution is -2.42. The lowest BCUT2D eigenvalue weighted by atomic mass is 9.88. The van der Waals surface area contributed by atoms with Gasteiger partial charge in [0.15, 0.2) is 0 Å². The van der Waals surface area contributed by atoms with Gasteiger partial charge in [-0.15, -0.1) is 0 Å². The summed E-state index contributed by atoms with van der Waals surface area (Å²) in [6, 6.07) is 5.59. The number of aryl methyl sites for hydroxylation is 1. The molecule has 2 aromatic heterocycles. The number of pyridine rings is 1. The van der Waals surface area contributed by atoms with E-state index in [1.807, 2.05) is 0 Å². The first kappa shape index (κ1) is 24.3. The summed E-state index contributed by atoms with van der Waals surface area (Å²) >= 11 is 0. The highest BCUT2D eigenvalue weighted by Gasteiger charge is 2.39. The second kappa shape index (κ2) is 9.46. The first-order chi connectivity index (χ1) is 16.2. The van der Waals surface area contributed by atoms with E-state index in [1.165, 1.54) is 30.1 Å². The number of alkyl halides is 2. The number of halogens is 3. The Labute approximate surface area is 197 Å². The van der Waals surface area contributed by atoms with Crippen molar-refractivity contribution in [2.45, 2.75) is 31.4 Å². The fraction of sp³-hybridized carbons (Fsp3) is 0.435. The molecule has 34 heavy (non-hydrogen) atoms. The maximum absolute atomic E-state index is 14.6. The third-order valence-corrected chi connectivity index (χ3v) is 7.76. The molecule has 0 saturated carbocycles. The highest BCUT2D eigenvalue weighted by atomic mass is 32.2. The molecular formula is C23H25F3N4O3S. The zero-order chi connectivity index (χ0) is 24.6. The number of anilines is 1. The number of aromatic nitrogens is 3. The van der Waals surface area contributed by atoms with Gasteiger partial charge in [0.2, 0.25) is 0 Å². The van der Waals surface area contributed by atoms with E-state index in [0.717, 1.165) is 6.07 Å². The molecular weight excluding hydrogens is 469 g/mol. The quantitative estimate of drug-likeness (QED) is 0.523. The molecule has 0 amide bonds. The predicted octanol–water partition coefficient (Wildman–Crippen LogP) is 3.43. The first-order valence-electron chi connectivity index (χ1n) is 10.7. The third-order valence-electron chi connectivity index (χ3n) is 6.44. The molecule has 0 bridgehead atoms. The number of nitrogens with zero attached hydrogens (tertiary/aromatic N) is 4. The minimum Gasteiger partial charge on any atom is -0.373 e. The van der Waals surface area contributed by atoms with Crippen LogP contribution in [0, 0.1) is 5.82 Å². The van der Waals surface area contributed by atoms with Crippen LogP contribution in [-0.4, -0.2) is 44.4 Å². The fourth-order valence-electron chi connectivity index (χ4n) is 4.48. The summed E-state index contributed by atoms with van der Waals surface area (Å²) in [5.74, 6) is 0.304. The Bertz CT molecular complexity index is 1300. The molecule has 0 atom stereocenters. The Morgan fingerprint density at radius 3 is 2.62 bits per heavy atom. The van der Waals surface area contributed by atoms with E-state index in [0.29, 0.717) is 46.8 Å². The zero-order valence-corrected chi connectivity index (χ0v) is 19.9. The lowest BCUT2D eigenvalue weighted by molar-refractivity contribution is -0.0238. The maximum Gasteiger partial charge on any atom is 0.266 e. The van der Waals surface area contributed by atoms with Crippen LogP contribution in [0.5, 0.6) is 0 Å². The van der Waals surface area contributed by atoms with Gasteiger partial charge in [0.25, 0.3) is 12.0 Å². The number of hydrogen-bond acceptors (Lipinski definition) is 6. The summed E-state index contributed by atoms with van der Waals surface area (Å²) in [6.45, 7) is -0.0227. The molecule has 1 saturated heterocycles. The van der Waals surface area contributed by atoms with E-state index < -0.39 is 34.2 Å². The number of rotatable bonds is 6. The van der Waals surface area contributed by atoms with Gasteiger partial charge in [0.05, 0.1) is 22.1 Å². The molecule has 4 rings (SSSR count). The second-order valence-electron chi connectivity index (χ2n) is 8.38. The molecule has 3 aromatic rings. The van der Waals surface area contributed by atoms with Gasteiger partial charge < -0.3 is 9.64 Å². The largest absolute Gasteiger partial charge is 0.373 e. The van der Waals surface area contributed by atoms with Crippen molar-refractivity contribution in [1.29, 1.82) is 0 Å². The van der Waals surface area contributed by atoms with Crippen LogP contribution >= 0.6 is 0 Å². The molecule has 11 heteroatoms. The van der Waals surface area contributed by atoms with Gasteiger partial charge in [-0.2, -0.15) is 0 Å². The number of fused-ring (bicyclic) bond motifs is 1. The van der Waals surface area contributed by atoms with Crippen molar-refractivity contribution in [1.82, 2.24) is 14.5 Å². The Kier molecular flexibility index (Phi) is 6.77. The fourth-order valence-corrected chi connectivity index (χ4v) is 5.79. The van der Waals surface area contributed by atoms with Crippen LogP contribution in [0.2, 0.25) is 0 Å². The van der Waals surface area contributed by atoms with Gasteiger partial charge in [-0.05, 0) is 18.9 Å².